The Labute approximate surface area is 118 Å². The molecule has 0 aliphatic heterocycles. The fourth-order valence-electron chi connectivity index (χ4n) is 1.20. The predicted molar refractivity (Wildman–Crippen MR) is 63.4 cm³/mol. The Kier molecular flexibility index (Phi) is 20.9. The van der Waals surface area contributed by atoms with Gasteiger partial charge in [-0.3, -0.25) is 0 Å². The fourth-order valence-corrected chi connectivity index (χ4v) is 1.20. The first-order valence-electron chi connectivity index (χ1n) is 5.73. The molecular weight excluding hydrogens is 199 g/mol. The van der Waals surface area contributed by atoms with Crippen LogP contribution in [0, 0.1) is 0 Å². The van der Waals surface area contributed by atoms with Crippen LogP contribution in [0.15, 0.2) is 0 Å². The molecule has 0 aromatic carbocycles. The minimum atomic E-state index is 0. The van der Waals surface area contributed by atoms with E-state index in [1.165, 1.54) is 12.8 Å². The average molecular weight is 226 g/mol. The second-order valence-electron chi connectivity index (χ2n) is 3.49. The van der Waals surface area contributed by atoms with Gasteiger partial charge in [0, 0.05) is 0 Å². The summed E-state index contributed by atoms with van der Waals surface area (Å²) < 4.78 is 0. The van der Waals surface area contributed by atoms with Gasteiger partial charge in [-0.2, -0.15) is 0 Å². The Bertz CT molecular complexity index is 96.8. The van der Waals surface area contributed by atoms with Gasteiger partial charge >= 0.3 is 29.6 Å². The molecule has 0 saturated heterocycles. The molecule has 5 heteroatoms. The van der Waals surface area contributed by atoms with Crippen LogP contribution in [0.2, 0.25) is 0 Å². The number of rotatable bonds is 11. The molecule has 0 spiro atoms. The second kappa shape index (κ2) is 17.2. The molecule has 0 fully saturated rings. The van der Waals surface area contributed by atoms with Crippen molar-refractivity contribution in [1.82, 2.24) is 10.6 Å². The minimum Gasteiger partial charge on any atom is -1.00 e. The number of hydrogen-bond donors (Lipinski definition) is 4. The van der Waals surface area contributed by atoms with Crippen LogP contribution in [0.1, 0.15) is 27.1 Å². The van der Waals surface area contributed by atoms with Crippen molar-refractivity contribution >= 4 is 0 Å². The fraction of sp³-hybridized carbons (Fsp3) is 1.00. The van der Waals surface area contributed by atoms with E-state index >= 15 is 0 Å². The summed E-state index contributed by atoms with van der Waals surface area (Å²) in [6.45, 7) is 5.90. The standard InChI is InChI=1S/C10H26N4.Na.H/c11-5-3-9-13-7-1-2-8-14-10-4-6-12;;/h13-14H,1-12H2;;/q;+1;-1. The van der Waals surface area contributed by atoms with Crippen LogP contribution in [0.5, 0.6) is 0 Å². The molecule has 0 radical (unpaired) electrons. The monoisotopic (exact) mass is 226 g/mol. The maximum absolute atomic E-state index is 5.38. The van der Waals surface area contributed by atoms with Crippen molar-refractivity contribution < 1.29 is 31.0 Å². The van der Waals surface area contributed by atoms with E-state index in [-0.39, 0.29) is 31.0 Å². The summed E-state index contributed by atoms with van der Waals surface area (Å²) in [6.07, 6.45) is 4.63. The van der Waals surface area contributed by atoms with Gasteiger partial charge in [0.15, 0.2) is 0 Å². The van der Waals surface area contributed by atoms with Crippen molar-refractivity contribution in [2.45, 2.75) is 25.7 Å². The predicted octanol–water partition coefficient (Wildman–Crippen LogP) is -3.24. The van der Waals surface area contributed by atoms with Gasteiger partial charge < -0.3 is 23.5 Å². The summed E-state index contributed by atoms with van der Waals surface area (Å²) in [5, 5.41) is 6.72. The second-order valence-corrected chi connectivity index (χ2v) is 3.49. The Morgan fingerprint density at radius 3 is 1.33 bits per heavy atom. The van der Waals surface area contributed by atoms with Gasteiger partial charge in [0.25, 0.3) is 0 Å². The van der Waals surface area contributed by atoms with Crippen molar-refractivity contribution in [2.24, 2.45) is 11.5 Å². The van der Waals surface area contributed by atoms with E-state index in [0.717, 1.165) is 52.1 Å². The van der Waals surface area contributed by atoms with Gasteiger partial charge in [0.2, 0.25) is 0 Å². The number of hydrogen-bond acceptors (Lipinski definition) is 4. The Morgan fingerprint density at radius 2 is 1.00 bits per heavy atom. The molecule has 88 valence electrons. The molecule has 0 heterocycles. The minimum absolute atomic E-state index is 0. The third-order valence-electron chi connectivity index (χ3n) is 2.07. The Balaban J connectivity index is -0.000000845. The molecule has 0 atom stereocenters. The quantitative estimate of drug-likeness (QED) is 0.221. The van der Waals surface area contributed by atoms with Crippen LogP contribution in [0.3, 0.4) is 0 Å². The van der Waals surface area contributed by atoms with Crippen molar-refractivity contribution in [2.75, 3.05) is 39.3 Å². The van der Waals surface area contributed by atoms with Gasteiger partial charge in [-0.05, 0) is 65.0 Å². The topological polar surface area (TPSA) is 76.1 Å². The number of unbranched alkanes of at least 4 members (excludes halogenated alkanes) is 1. The molecule has 0 aliphatic rings. The molecular formula is C10H27N4Na. The Morgan fingerprint density at radius 1 is 0.667 bits per heavy atom. The average Bonchev–Trinajstić information content (AvgIpc) is 2.21. The van der Waals surface area contributed by atoms with Crippen molar-refractivity contribution in [3.8, 4) is 0 Å². The first-order valence-corrected chi connectivity index (χ1v) is 5.73. The largest absolute Gasteiger partial charge is 1.00 e. The van der Waals surface area contributed by atoms with E-state index in [4.69, 9.17) is 11.5 Å². The molecule has 15 heavy (non-hydrogen) atoms. The van der Waals surface area contributed by atoms with Crippen LogP contribution in [-0.4, -0.2) is 39.3 Å². The zero-order valence-corrected chi connectivity index (χ0v) is 12.2. The maximum Gasteiger partial charge on any atom is 1.00 e. The van der Waals surface area contributed by atoms with E-state index < -0.39 is 0 Å². The van der Waals surface area contributed by atoms with Gasteiger partial charge in [0.05, 0.1) is 0 Å². The van der Waals surface area contributed by atoms with Crippen molar-refractivity contribution in [1.29, 1.82) is 0 Å². The zero-order chi connectivity index (χ0) is 10.5. The zero-order valence-electron chi connectivity index (χ0n) is 11.2. The molecule has 0 aliphatic carbocycles. The number of nitrogens with two attached hydrogens (primary N) is 2. The van der Waals surface area contributed by atoms with Gasteiger partial charge in [-0.25, -0.2) is 0 Å². The molecule has 6 N–H and O–H groups in total. The molecule has 0 unspecified atom stereocenters. The van der Waals surface area contributed by atoms with Gasteiger partial charge in [-0.1, -0.05) is 0 Å². The summed E-state index contributed by atoms with van der Waals surface area (Å²) >= 11 is 0. The summed E-state index contributed by atoms with van der Waals surface area (Å²) in [7, 11) is 0. The van der Waals surface area contributed by atoms with Crippen LogP contribution in [0.4, 0.5) is 0 Å². The summed E-state index contributed by atoms with van der Waals surface area (Å²) in [5.41, 5.74) is 10.8. The first kappa shape index (κ1) is 18.2. The third kappa shape index (κ3) is 17.5. The smallest absolute Gasteiger partial charge is 1.00 e. The van der Waals surface area contributed by atoms with Crippen LogP contribution in [0.25, 0.3) is 0 Å². The van der Waals surface area contributed by atoms with Gasteiger partial charge in [-0.15, -0.1) is 0 Å². The normalized spacial score (nSPS) is 10.0. The van der Waals surface area contributed by atoms with E-state index in [1.807, 2.05) is 0 Å². The SMILES string of the molecule is NCCCNCCCCNCCCN.[H-].[Na+]. The third-order valence-corrected chi connectivity index (χ3v) is 2.07. The van der Waals surface area contributed by atoms with Crippen LogP contribution in [-0.2, 0) is 0 Å². The van der Waals surface area contributed by atoms with Crippen LogP contribution >= 0.6 is 0 Å². The Hall–Kier alpha value is 0.840. The molecule has 0 aromatic rings. The molecule has 0 rings (SSSR count). The summed E-state index contributed by atoms with van der Waals surface area (Å²) in [5.74, 6) is 0. The summed E-state index contributed by atoms with van der Waals surface area (Å²) in [6, 6.07) is 0. The van der Waals surface area contributed by atoms with Crippen LogP contribution < -0.4 is 51.7 Å². The number of nitrogens with one attached hydrogen (secondary N) is 2. The van der Waals surface area contributed by atoms with E-state index in [2.05, 4.69) is 10.6 Å². The summed E-state index contributed by atoms with van der Waals surface area (Å²) in [4.78, 5) is 0. The molecule has 0 bridgehead atoms. The molecule has 0 saturated carbocycles. The maximum atomic E-state index is 5.38. The van der Waals surface area contributed by atoms with E-state index in [0.29, 0.717) is 0 Å². The van der Waals surface area contributed by atoms with E-state index in [1.54, 1.807) is 0 Å². The van der Waals surface area contributed by atoms with E-state index in [9.17, 15) is 0 Å². The molecule has 0 amide bonds. The molecule has 4 nitrogen and oxygen atoms in total. The first-order chi connectivity index (χ1) is 6.91. The van der Waals surface area contributed by atoms with Crippen molar-refractivity contribution in [3.63, 3.8) is 0 Å². The van der Waals surface area contributed by atoms with Crippen molar-refractivity contribution in [3.05, 3.63) is 0 Å². The van der Waals surface area contributed by atoms with Gasteiger partial charge in [0.1, 0.15) is 0 Å². The molecule has 0 aromatic heterocycles.